The second kappa shape index (κ2) is 10.6. The Morgan fingerprint density at radius 2 is 2.02 bits per heavy atom. The van der Waals surface area contributed by atoms with E-state index in [4.69, 9.17) is 9.47 Å². The third-order valence-electron chi connectivity index (χ3n) is 8.68. The summed E-state index contributed by atoms with van der Waals surface area (Å²) in [7, 11) is -2.44. The van der Waals surface area contributed by atoms with E-state index in [0.717, 1.165) is 43.2 Å². The Labute approximate surface area is 234 Å². The lowest BCUT2D eigenvalue weighted by Gasteiger charge is -2.54. The third kappa shape index (κ3) is 5.14. The van der Waals surface area contributed by atoms with Crippen LogP contribution in [0, 0.1) is 22.6 Å². The Morgan fingerprint density at radius 3 is 2.75 bits per heavy atom. The number of anilines is 1. The highest BCUT2D eigenvalue weighted by molar-refractivity contribution is 7.90. The SMILES string of the molecule is CO[C@H]1CCN(S(=O)(=O)Nc2ccc(F)c(Oc3ccc4c(c3)CN(C3CC5(CCNCC5)C3)C=N4)c2C#N)C1. The van der Waals surface area contributed by atoms with Gasteiger partial charge in [-0.2, -0.15) is 18.0 Å². The van der Waals surface area contributed by atoms with Crippen LogP contribution in [0.3, 0.4) is 0 Å². The number of piperidine rings is 1. The number of fused-ring (bicyclic) bond motifs is 1. The normalized spacial score (nSPS) is 22.5. The second-order valence-corrected chi connectivity index (χ2v) is 12.8. The fraction of sp³-hybridized carbons (Fsp3) is 0.500. The van der Waals surface area contributed by atoms with E-state index in [-0.39, 0.29) is 36.2 Å². The summed E-state index contributed by atoms with van der Waals surface area (Å²) in [4.78, 5) is 6.90. The molecule has 1 saturated carbocycles. The molecule has 2 N–H and O–H groups in total. The first-order valence-corrected chi connectivity index (χ1v) is 15.1. The van der Waals surface area contributed by atoms with Crippen molar-refractivity contribution in [2.75, 3.05) is 38.0 Å². The Morgan fingerprint density at radius 1 is 1.23 bits per heavy atom. The van der Waals surface area contributed by atoms with Crippen molar-refractivity contribution < 1.29 is 22.3 Å². The van der Waals surface area contributed by atoms with Gasteiger partial charge in [0.05, 0.1) is 23.8 Å². The minimum absolute atomic E-state index is 0.0506. The van der Waals surface area contributed by atoms with Crippen molar-refractivity contribution in [2.45, 2.75) is 50.8 Å². The number of nitriles is 1. The number of aliphatic imine (C=N–C) groups is 1. The van der Waals surface area contributed by atoms with Gasteiger partial charge in [-0.1, -0.05) is 0 Å². The molecule has 1 atom stereocenters. The predicted octanol–water partition coefficient (Wildman–Crippen LogP) is 3.87. The van der Waals surface area contributed by atoms with Gasteiger partial charge in [0.15, 0.2) is 11.6 Å². The molecule has 2 aromatic rings. The number of halogens is 1. The molecule has 3 fully saturated rings. The summed E-state index contributed by atoms with van der Waals surface area (Å²) in [6.07, 6.45) is 7.05. The zero-order chi connectivity index (χ0) is 27.9. The molecule has 3 heterocycles. The van der Waals surface area contributed by atoms with Crippen molar-refractivity contribution in [3.63, 3.8) is 0 Å². The topological polar surface area (TPSA) is 119 Å². The van der Waals surface area contributed by atoms with Gasteiger partial charge in [-0.15, -0.1) is 0 Å². The number of nitrogens with one attached hydrogen (secondary N) is 2. The first-order valence-electron chi connectivity index (χ1n) is 13.6. The predicted molar refractivity (Wildman–Crippen MR) is 148 cm³/mol. The summed E-state index contributed by atoms with van der Waals surface area (Å²) in [5, 5.41) is 13.3. The summed E-state index contributed by atoms with van der Waals surface area (Å²) < 4.78 is 55.7. The van der Waals surface area contributed by atoms with Gasteiger partial charge in [0.25, 0.3) is 0 Å². The van der Waals surface area contributed by atoms with Crippen LogP contribution >= 0.6 is 0 Å². The molecule has 4 aliphatic rings. The molecule has 212 valence electrons. The molecule has 0 radical (unpaired) electrons. The zero-order valence-electron chi connectivity index (χ0n) is 22.4. The number of nitrogens with zero attached hydrogens (tertiary/aromatic N) is 4. The van der Waals surface area contributed by atoms with Crippen LogP contribution in [0.4, 0.5) is 15.8 Å². The van der Waals surface area contributed by atoms with E-state index in [9.17, 15) is 18.1 Å². The minimum atomic E-state index is -3.98. The van der Waals surface area contributed by atoms with Crippen molar-refractivity contribution in [1.82, 2.24) is 14.5 Å². The minimum Gasteiger partial charge on any atom is -0.453 e. The first-order chi connectivity index (χ1) is 19.3. The average molecular weight is 569 g/mol. The van der Waals surface area contributed by atoms with Crippen LogP contribution in [-0.2, 0) is 21.5 Å². The highest BCUT2D eigenvalue weighted by Crippen LogP contribution is 2.50. The maximum atomic E-state index is 15.0. The van der Waals surface area contributed by atoms with Gasteiger partial charge in [0, 0.05) is 38.3 Å². The fourth-order valence-corrected chi connectivity index (χ4v) is 7.58. The van der Waals surface area contributed by atoms with Gasteiger partial charge in [0.2, 0.25) is 0 Å². The van der Waals surface area contributed by atoms with Crippen molar-refractivity contribution in [3.8, 4) is 17.6 Å². The van der Waals surface area contributed by atoms with E-state index in [1.54, 1.807) is 6.07 Å². The molecule has 1 aliphatic carbocycles. The van der Waals surface area contributed by atoms with Crippen molar-refractivity contribution >= 4 is 27.9 Å². The van der Waals surface area contributed by atoms with Gasteiger partial charge >= 0.3 is 10.2 Å². The summed E-state index contributed by atoms with van der Waals surface area (Å²) in [6, 6.07) is 9.97. The van der Waals surface area contributed by atoms with Crippen molar-refractivity contribution in [2.24, 2.45) is 10.4 Å². The molecule has 0 aromatic heterocycles. The molecule has 10 nitrogen and oxygen atoms in total. The first kappa shape index (κ1) is 27.0. The van der Waals surface area contributed by atoms with E-state index in [1.165, 1.54) is 30.3 Å². The van der Waals surface area contributed by atoms with Crippen LogP contribution in [0.15, 0.2) is 35.3 Å². The van der Waals surface area contributed by atoms with Gasteiger partial charge in [-0.3, -0.25) is 4.72 Å². The molecule has 0 unspecified atom stereocenters. The molecule has 0 bridgehead atoms. The Kier molecular flexibility index (Phi) is 7.16. The number of hydrogen-bond donors (Lipinski definition) is 2. The van der Waals surface area contributed by atoms with Gasteiger partial charge in [-0.25, -0.2) is 9.38 Å². The highest BCUT2D eigenvalue weighted by Gasteiger charge is 2.46. The van der Waals surface area contributed by atoms with E-state index in [0.29, 0.717) is 30.2 Å². The molecular formula is C28H33FN6O4S. The van der Waals surface area contributed by atoms with Crippen LogP contribution in [0.25, 0.3) is 0 Å². The lowest BCUT2D eigenvalue weighted by molar-refractivity contribution is 0.00596. The maximum Gasteiger partial charge on any atom is 0.301 e. The number of rotatable bonds is 7. The summed E-state index contributed by atoms with van der Waals surface area (Å²) >= 11 is 0. The Bertz CT molecular complexity index is 1460. The summed E-state index contributed by atoms with van der Waals surface area (Å²) in [5.74, 6) is -0.752. The van der Waals surface area contributed by atoms with Gasteiger partial charge in [-0.05, 0) is 80.9 Å². The fourth-order valence-electron chi connectivity index (χ4n) is 6.30. The standard InChI is InChI=1S/C28H33FN6O4S/c1-38-22-6-11-35(17-22)40(36,37)33-26-5-3-24(29)27(23(26)15-30)39-21-2-4-25-19(12-21)16-34(18-32-25)20-13-28(14-20)7-9-31-10-8-28/h2-5,12,18,20,22,31,33H,6-11,13-14,16-17H2,1H3/t22-/m0/s1. The monoisotopic (exact) mass is 568 g/mol. The largest absolute Gasteiger partial charge is 0.453 e. The maximum absolute atomic E-state index is 15.0. The average Bonchev–Trinajstić information content (AvgIpc) is 3.44. The van der Waals surface area contributed by atoms with Crippen molar-refractivity contribution in [3.05, 3.63) is 47.3 Å². The Balaban J connectivity index is 1.18. The molecule has 12 heteroatoms. The number of methoxy groups -OCH3 is 1. The van der Waals surface area contributed by atoms with E-state index in [1.807, 2.05) is 24.5 Å². The molecule has 1 spiro atoms. The number of benzene rings is 2. The van der Waals surface area contributed by atoms with Crippen LogP contribution in [0.1, 0.15) is 43.2 Å². The van der Waals surface area contributed by atoms with E-state index < -0.39 is 16.0 Å². The van der Waals surface area contributed by atoms with Crippen LogP contribution in [0.5, 0.6) is 11.5 Å². The van der Waals surface area contributed by atoms with Crippen molar-refractivity contribution in [1.29, 1.82) is 5.26 Å². The third-order valence-corrected chi connectivity index (χ3v) is 10.2. The summed E-state index contributed by atoms with van der Waals surface area (Å²) in [6.45, 7) is 3.32. The summed E-state index contributed by atoms with van der Waals surface area (Å²) in [5.41, 5.74) is 1.94. The molecule has 40 heavy (non-hydrogen) atoms. The van der Waals surface area contributed by atoms with E-state index >= 15 is 0 Å². The van der Waals surface area contributed by atoms with Crippen LogP contribution < -0.4 is 14.8 Å². The van der Waals surface area contributed by atoms with Gasteiger partial charge in [0.1, 0.15) is 17.4 Å². The lowest BCUT2D eigenvalue weighted by Crippen LogP contribution is -2.54. The molecule has 3 aliphatic heterocycles. The molecule has 2 saturated heterocycles. The number of ether oxygens (including phenoxy) is 2. The van der Waals surface area contributed by atoms with Crippen LogP contribution in [0.2, 0.25) is 0 Å². The van der Waals surface area contributed by atoms with Gasteiger partial charge < -0.3 is 19.7 Å². The molecule has 6 rings (SSSR count). The highest BCUT2D eigenvalue weighted by atomic mass is 32.2. The zero-order valence-corrected chi connectivity index (χ0v) is 23.2. The van der Waals surface area contributed by atoms with Crippen LogP contribution in [-0.4, -0.2) is 69.4 Å². The molecule has 0 amide bonds. The smallest absolute Gasteiger partial charge is 0.301 e. The number of hydrogen-bond acceptors (Lipinski definition) is 8. The quantitative estimate of drug-likeness (QED) is 0.520. The second-order valence-electron chi connectivity index (χ2n) is 11.1. The lowest BCUT2D eigenvalue weighted by atomic mass is 9.60. The molecular weight excluding hydrogens is 535 g/mol. The van der Waals surface area contributed by atoms with E-state index in [2.05, 4.69) is 19.9 Å². The molecule has 2 aromatic carbocycles. The Hall–Kier alpha value is -3.24.